The summed E-state index contributed by atoms with van der Waals surface area (Å²) in [5.74, 6) is 2.82. The van der Waals surface area contributed by atoms with E-state index >= 15 is 0 Å². The van der Waals surface area contributed by atoms with Gasteiger partial charge in [-0.05, 0) is 31.7 Å². The summed E-state index contributed by atoms with van der Waals surface area (Å²) in [7, 11) is 3.79. The number of piperidine rings is 1. The Morgan fingerprint density at radius 1 is 1.18 bits per heavy atom. The summed E-state index contributed by atoms with van der Waals surface area (Å²) in [6.07, 6.45) is 3.06. The van der Waals surface area contributed by atoms with Crippen LogP contribution < -0.4 is 15.1 Å². The highest BCUT2D eigenvalue weighted by atomic mass is 19.3. The second-order valence-electron chi connectivity index (χ2n) is 7.65. The van der Waals surface area contributed by atoms with E-state index in [1.807, 2.05) is 25.1 Å². The fourth-order valence-corrected chi connectivity index (χ4v) is 3.43. The maximum Gasteiger partial charge on any atom is 0.280 e. The highest BCUT2D eigenvalue weighted by molar-refractivity contribution is 5.45. The fraction of sp³-hybridized carbons (Fsp3) is 0.579. The number of hydrogen-bond acceptors (Lipinski definition) is 7. The highest BCUT2D eigenvalue weighted by Crippen LogP contribution is 2.39. The number of alkyl halides is 2. The summed E-state index contributed by atoms with van der Waals surface area (Å²) >= 11 is 0. The predicted molar refractivity (Wildman–Crippen MR) is 104 cm³/mol. The topological polar surface area (TPSA) is 70.1 Å². The molecule has 1 saturated heterocycles. The number of nitrogens with one attached hydrogen (secondary N) is 1. The molecule has 1 saturated carbocycles. The number of hydrogen-bond donors (Lipinski definition) is 1. The Kier molecular flexibility index (Phi) is 5.23. The summed E-state index contributed by atoms with van der Waals surface area (Å²) < 4.78 is 26.6. The van der Waals surface area contributed by atoms with Gasteiger partial charge in [-0.1, -0.05) is 0 Å². The summed E-state index contributed by atoms with van der Waals surface area (Å²) in [6.45, 7) is 1.49. The average molecular weight is 389 g/mol. The molecule has 4 rings (SSSR count). The Labute approximate surface area is 163 Å². The first kappa shape index (κ1) is 18.8. The number of nitrogens with zero attached hydrogens (tertiary/aromatic N) is 6. The second-order valence-corrected chi connectivity index (χ2v) is 7.65. The lowest BCUT2D eigenvalue weighted by atomic mass is 10.1. The molecule has 2 aromatic heterocycles. The van der Waals surface area contributed by atoms with E-state index in [0.29, 0.717) is 24.1 Å². The molecule has 0 radical (unpaired) electrons. The van der Waals surface area contributed by atoms with Crippen molar-refractivity contribution in [2.24, 2.45) is 0 Å². The van der Waals surface area contributed by atoms with E-state index in [0.717, 1.165) is 38.0 Å². The van der Waals surface area contributed by atoms with Crippen LogP contribution in [0.3, 0.4) is 0 Å². The maximum absolute atomic E-state index is 13.3. The first-order valence-electron chi connectivity index (χ1n) is 9.68. The minimum Gasteiger partial charge on any atom is -0.365 e. The minimum atomic E-state index is -2.58. The van der Waals surface area contributed by atoms with Crippen LogP contribution in [0.15, 0.2) is 18.3 Å². The van der Waals surface area contributed by atoms with Crippen molar-refractivity contribution in [2.75, 3.05) is 42.3 Å². The Morgan fingerprint density at radius 3 is 2.71 bits per heavy atom. The molecule has 1 unspecified atom stereocenters. The van der Waals surface area contributed by atoms with E-state index in [1.165, 1.54) is 6.07 Å². The summed E-state index contributed by atoms with van der Waals surface area (Å²) in [4.78, 5) is 21.3. The highest BCUT2D eigenvalue weighted by Gasteiger charge is 2.30. The van der Waals surface area contributed by atoms with Crippen LogP contribution in [-0.2, 0) is 0 Å². The Bertz CT molecular complexity index is 805. The monoisotopic (exact) mass is 389 g/mol. The third-order valence-corrected chi connectivity index (χ3v) is 5.06. The van der Waals surface area contributed by atoms with Gasteiger partial charge < -0.3 is 15.1 Å². The van der Waals surface area contributed by atoms with E-state index in [2.05, 4.69) is 30.2 Å². The van der Waals surface area contributed by atoms with Gasteiger partial charge in [0.25, 0.3) is 6.43 Å². The van der Waals surface area contributed by atoms with E-state index in [1.54, 1.807) is 6.20 Å². The Morgan fingerprint density at radius 2 is 2.00 bits per heavy atom. The Balaban J connectivity index is 1.50. The van der Waals surface area contributed by atoms with Crippen LogP contribution in [0.1, 0.15) is 49.5 Å². The molecular formula is C19H25F2N7. The van der Waals surface area contributed by atoms with Gasteiger partial charge in [0.15, 0.2) is 0 Å². The average Bonchev–Trinajstić information content (AvgIpc) is 3.53. The van der Waals surface area contributed by atoms with Crippen molar-refractivity contribution in [3.8, 4) is 0 Å². The molecule has 2 aliphatic rings. The van der Waals surface area contributed by atoms with Gasteiger partial charge in [-0.25, -0.2) is 23.7 Å². The molecule has 0 spiro atoms. The maximum atomic E-state index is 13.3. The smallest absolute Gasteiger partial charge is 0.280 e. The number of aromatic nitrogens is 4. The lowest BCUT2D eigenvalue weighted by Gasteiger charge is -2.34. The van der Waals surface area contributed by atoms with Crippen LogP contribution in [0.25, 0.3) is 0 Å². The first-order chi connectivity index (χ1) is 13.5. The molecule has 0 aromatic carbocycles. The predicted octanol–water partition coefficient (Wildman–Crippen LogP) is 3.23. The molecule has 0 bridgehead atoms. The standard InChI is InChI=1S/C19H25F2N7/c1-27(2)19-22-8-7-15(25-19)23-13-4-3-9-28(11-13)16-10-14(17(20)21)24-18(26-16)12-5-6-12/h7-8,10,12-13,17H,3-6,9,11H2,1-2H3,(H,22,23,25). The minimum absolute atomic E-state index is 0.160. The van der Waals surface area contributed by atoms with Crippen molar-refractivity contribution in [1.82, 2.24) is 19.9 Å². The van der Waals surface area contributed by atoms with E-state index in [4.69, 9.17) is 0 Å². The van der Waals surface area contributed by atoms with Crippen LogP contribution in [0.2, 0.25) is 0 Å². The van der Waals surface area contributed by atoms with E-state index in [9.17, 15) is 8.78 Å². The summed E-state index contributed by atoms with van der Waals surface area (Å²) in [5.41, 5.74) is -0.173. The normalized spacial score (nSPS) is 19.8. The first-order valence-corrected chi connectivity index (χ1v) is 9.68. The van der Waals surface area contributed by atoms with Crippen LogP contribution in [-0.4, -0.2) is 53.2 Å². The fourth-order valence-electron chi connectivity index (χ4n) is 3.43. The molecule has 1 atom stereocenters. The second kappa shape index (κ2) is 7.81. The molecule has 0 amide bonds. The SMILES string of the molecule is CN(C)c1nccc(NC2CCCN(c3cc(C(F)F)nc(C4CC4)n3)C2)n1. The van der Waals surface area contributed by atoms with Crippen molar-refractivity contribution in [3.63, 3.8) is 0 Å². The molecule has 1 N–H and O–H groups in total. The van der Waals surface area contributed by atoms with Gasteiger partial charge in [0.1, 0.15) is 23.2 Å². The zero-order valence-electron chi connectivity index (χ0n) is 16.1. The molecule has 3 heterocycles. The molecule has 1 aliphatic heterocycles. The quantitative estimate of drug-likeness (QED) is 0.813. The largest absolute Gasteiger partial charge is 0.365 e. The molecule has 2 fully saturated rings. The lowest BCUT2D eigenvalue weighted by molar-refractivity contribution is 0.145. The van der Waals surface area contributed by atoms with Gasteiger partial charge in [0.2, 0.25) is 5.95 Å². The van der Waals surface area contributed by atoms with Crippen molar-refractivity contribution < 1.29 is 8.78 Å². The molecule has 2 aromatic rings. The summed E-state index contributed by atoms with van der Waals surface area (Å²) in [6, 6.07) is 3.44. The van der Waals surface area contributed by atoms with Gasteiger partial charge in [0, 0.05) is 51.4 Å². The summed E-state index contributed by atoms with van der Waals surface area (Å²) in [5, 5.41) is 3.45. The van der Waals surface area contributed by atoms with Gasteiger partial charge >= 0.3 is 0 Å². The van der Waals surface area contributed by atoms with E-state index < -0.39 is 6.43 Å². The third-order valence-electron chi connectivity index (χ3n) is 5.06. The van der Waals surface area contributed by atoms with Gasteiger partial charge in [-0.3, -0.25) is 0 Å². The van der Waals surface area contributed by atoms with Gasteiger partial charge in [0.05, 0.1) is 0 Å². The van der Waals surface area contributed by atoms with Crippen LogP contribution in [0.4, 0.5) is 26.4 Å². The van der Waals surface area contributed by atoms with Crippen molar-refractivity contribution in [2.45, 2.75) is 44.1 Å². The zero-order chi connectivity index (χ0) is 19.7. The molecular weight excluding hydrogens is 364 g/mol. The number of anilines is 3. The van der Waals surface area contributed by atoms with Crippen molar-refractivity contribution >= 4 is 17.6 Å². The number of rotatable bonds is 6. The van der Waals surface area contributed by atoms with E-state index in [-0.39, 0.29) is 17.7 Å². The lowest BCUT2D eigenvalue weighted by Crippen LogP contribution is -2.43. The Hall–Kier alpha value is -2.58. The molecule has 7 nitrogen and oxygen atoms in total. The van der Waals surface area contributed by atoms with Crippen LogP contribution >= 0.6 is 0 Å². The van der Waals surface area contributed by atoms with Crippen molar-refractivity contribution in [3.05, 3.63) is 29.8 Å². The zero-order valence-corrected chi connectivity index (χ0v) is 16.1. The van der Waals surface area contributed by atoms with Crippen LogP contribution in [0.5, 0.6) is 0 Å². The molecule has 28 heavy (non-hydrogen) atoms. The molecule has 9 heteroatoms. The molecule has 150 valence electrons. The van der Waals surface area contributed by atoms with Crippen molar-refractivity contribution in [1.29, 1.82) is 0 Å². The molecule has 1 aliphatic carbocycles. The van der Waals surface area contributed by atoms with Gasteiger partial charge in [-0.15, -0.1) is 0 Å². The van der Waals surface area contributed by atoms with Crippen LogP contribution in [0, 0.1) is 0 Å². The van der Waals surface area contributed by atoms with Gasteiger partial charge in [-0.2, -0.15) is 4.98 Å². The third kappa shape index (κ3) is 4.28. The number of halogens is 2.